The Bertz CT molecular complexity index is 4.85. The molecule has 0 aromatic heterocycles. The van der Waals surface area contributed by atoms with Gasteiger partial charge in [0.2, 0.25) is 0 Å². The van der Waals surface area contributed by atoms with Gasteiger partial charge in [0.25, 0.3) is 0 Å². The summed E-state index contributed by atoms with van der Waals surface area (Å²) in [5, 5.41) is 0. The minimum atomic E-state index is 0. The molecule has 0 aliphatic rings. The summed E-state index contributed by atoms with van der Waals surface area (Å²) in [4.78, 5) is 0. The highest BCUT2D eigenvalue weighted by molar-refractivity contribution is 6.75. The molecular formula is C2H12Si3. The molecule has 0 N–H and O–H groups in total. The van der Waals surface area contributed by atoms with Crippen molar-refractivity contribution in [1.82, 2.24) is 0 Å². The molecule has 0 aromatic rings. The van der Waals surface area contributed by atoms with E-state index >= 15 is 0 Å². The highest BCUT2D eigenvalue weighted by atomic mass is 29.1. The van der Waals surface area contributed by atoms with Gasteiger partial charge >= 0.3 is 0 Å². The summed E-state index contributed by atoms with van der Waals surface area (Å²) >= 11 is 0. The Morgan fingerprint density at radius 1 is 1.00 bits per heavy atom. The van der Waals surface area contributed by atoms with Crippen LogP contribution < -0.4 is 0 Å². The summed E-state index contributed by atoms with van der Waals surface area (Å²) < 4.78 is 0. The lowest BCUT2D eigenvalue weighted by Crippen LogP contribution is -1.38. The fraction of sp³-hybridized carbons (Fsp3) is 1.00. The van der Waals surface area contributed by atoms with Crippen LogP contribution in [0, 0.1) is 0 Å². The van der Waals surface area contributed by atoms with Crippen LogP contribution in [0.1, 0.15) is 13.8 Å². The normalized spacial score (nSPS) is 3.60. The van der Waals surface area contributed by atoms with Gasteiger partial charge in [-0.1, -0.05) is 13.8 Å². The monoisotopic (exact) mass is 120 g/mol. The van der Waals surface area contributed by atoms with Crippen molar-refractivity contribution in [3.8, 4) is 0 Å². The molecule has 0 saturated heterocycles. The first-order valence-electron chi connectivity index (χ1n) is 2.00. The standard InChI is InChI=1S/C2H6.H6Si2.Si/c2*1-2;/h2*1-2H3;. The fourth-order valence-electron chi connectivity index (χ4n) is 0. The van der Waals surface area contributed by atoms with Gasteiger partial charge in [0.15, 0.2) is 0 Å². The van der Waals surface area contributed by atoms with E-state index in [1.54, 1.807) is 0 Å². The van der Waals surface area contributed by atoms with Crippen LogP contribution in [0.3, 0.4) is 0 Å². The largest absolute Gasteiger partial charge is 0.0683 e. The maximum absolute atomic E-state index is 2.00. The van der Waals surface area contributed by atoms with Crippen molar-refractivity contribution in [2.75, 3.05) is 0 Å². The van der Waals surface area contributed by atoms with Gasteiger partial charge in [-0.15, -0.1) is 0 Å². The van der Waals surface area contributed by atoms with Crippen molar-refractivity contribution >= 4 is 30.5 Å². The zero-order valence-corrected chi connectivity index (χ0v) is 9.50. The molecule has 4 radical (unpaired) electrons. The first-order valence-corrected chi connectivity index (χ1v) is 10.0. The zero-order valence-electron chi connectivity index (χ0n) is 4.50. The lowest BCUT2D eigenvalue weighted by atomic mass is 11.0. The number of hydrogen-bond acceptors (Lipinski definition) is 0. The number of rotatable bonds is 0. The maximum Gasteiger partial charge on any atom is 0 e. The SMILES string of the molecule is CC.[SiH3][SiH3].[Si]. The first kappa shape index (κ1) is 17.4. The molecule has 3 heteroatoms. The summed E-state index contributed by atoms with van der Waals surface area (Å²) in [5.41, 5.74) is 0. The molecule has 0 aliphatic carbocycles. The Balaban J connectivity index is -0.0000000133. The van der Waals surface area contributed by atoms with Crippen LogP contribution >= 0.6 is 0 Å². The molecule has 0 saturated carbocycles. The van der Waals surface area contributed by atoms with Crippen molar-refractivity contribution in [3.05, 3.63) is 0 Å². The zero-order chi connectivity index (χ0) is 4.00. The van der Waals surface area contributed by atoms with Crippen molar-refractivity contribution in [2.45, 2.75) is 13.8 Å². The maximum atomic E-state index is 2.00. The van der Waals surface area contributed by atoms with Crippen LogP contribution in [0.15, 0.2) is 0 Å². The lowest BCUT2D eigenvalue weighted by molar-refractivity contribution is 1.50. The van der Waals surface area contributed by atoms with Crippen molar-refractivity contribution in [1.29, 1.82) is 0 Å². The summed E-state index contributed by atoms with van der Waals surface area (Å²) in [6, 6.07) is 0. The highest BCUT2D eigenvalue weighted by Gasteiger charge is 0.988. The molecule has 5 heavy (non-hydrogen) atoms. The Kier molecular flexibility index (Phi) is 509. The molecular weight excluding hydrogens is 108 g/mol. The molecule has 0 spiro atoms. The van der Waals surface area contributed by atoms with E-state index in [1.807, 2.05) is 13.8 Å². The molecule has 0 heterocycles. The molecule has 0 aliphatic heterocycles. The molecule has 0 bridgehead atoms. The van der Waals surface area contributed by atoms with Crippen LogP contribution in [-0.4, -0.2) is 30.5 Å². The number of hydrogen-bond donors (Lipinski definition) is 0. The van der Waals surface area contributed by atoms with E-state index in [0.717, 1.165) is 0 Å². The average Bonchev–Trinajstić information content (AvgIpc) is 1.50. The summed E-state index contributed by atoms with van der Waals surface area (Å²) in [6.07, 6.45) is 0. The Labute approximate surface area is 45.0 Å². The van der Waals surface area contributed by atoms with E-state index in [1.165, 1.54) is 19.5 Å². The first-order chi connectivity index (χ1) is 2.00. The third-order valence-electron chi connectivity index (χ3n) is 0. The Hall–Kier alpha value is 0.651. The van der Waals surface area contributed by atoms with E-state index < -0.39 is 0 Å². The van der Waals surface area contributed by atoms with Gasteiger partial charge in [0, 0.05) is 11.0 Å². The molecule has 0 rings (SSSR count). The van der Waals surface area contributed by atoms with Crippen LogP contribution in [0.25, 0.3) is 0 Å². The van der Waals surface area contributed by atoms with Crippen LogP contribution in [-0.2, 0) is 0 Å². The predicted octanol–water partition coefficient (Wildman–Crippen LogP) is -1.72. The van der Waals surface area contributed by atoms with Gasteiger partial charge in [-0.25, -0.2) is 0 Å². The minimum Gasteiger partial charge on any atom is -0.0683 e. The summed E-state index contributed by atoms with van der Waals surface area (Å²) in [7, 11) is 2.89. The van der Waals surface area contributed by atoms with E-state index in [-0.39, 0.29) is 11.0 Å². The van der Waals surface area contributed by atoms with Crippen LogP contribution in [0.2, 0.25) is 0 Å². The molecule has 0 unspecified atom stereocenters. The quantitative estimate of drug-likeness (QED) is 0.334. The fourth-order valence-corrected chi connectivity index (χ4v) is 0. The molecule has 0 fully saturated rings. The summed E-state index contributed by atoms with van der Waals surface area (Å²) in [5.74, 6) is 0. The summed E-state index contributed by atoms with van der Waals surface area (Å²) in [6.45, 7) is 4.00. The average molecular weight is 120 g/mol. The molecule has 0 aromatic carbocycles. The third kappa shape index (κ3) is 77.2. The minimum absolute atomic E-state index is 0. The van der Waals surface area contributed by atoms with Crippen molar-refractivity contribution < 1.29 is 0 Å². The third-order valence-corrected chi connectivity index (χ3v) is 0. The second-order valence-electron chi connectivity index (χ2n) is 0. The van der Waals surface area contributed by atoms with Gasteiger partial charge < -0.3 is 0 Å². The highest BCUT2D eigenvalue weighted by Crippen LogP contribution is 1.14. The van der Waals surface area contributed by atoms with Gasteiger partial charge in [-0.3, -0.25) is 0 Å². The van der Waals surface area contributed by atoms with E-state index in [2.05, 4.69) is 0 Å². The molecule has 0 amide bonds. The van der Waals surface area contributed by atoms with Gasteiger partial charge in [0.1, 0.15) is 0 Å². The van der Waals surface area contributed by atoms with E-state index in [9.17, 15) is 0 Å². The smallest absolute Gasteiger partial charge is 0 e. The topological polar surface area (TPSA) is 0 Å². The Morgan fingerprint density at radius 3 is 1.00 bits per heavy atom. The second-order valence-corrected chi connectivity index (χ2v) is 0. The van der Waals surface area contributed by atoms with Gasteiger partial charge in [-0.05, 0) is 19.5 Å². The predicted molar refractivity (Wildman–Crippen MR) is 37.0 cm³/mol. The Morgan fingerprint density at radius 2 is 1.00 bits per heavy atom. The van der Waals surface area contributed by atoms with Crippen molar-refractivity contribution in [3.63, 3.8) is 0 Å². The molecule has 32 valence electrons. The van der Waals surface area contributed by atoms with Gasteiger partial charge in [0.05, 0.1) is 0 Å². The van der Waals surface area contributed by atoms with E-state index in [4.69, 9.17) is 0 Å². The second kappa shape index (κ2) is 146. The van der Waals surface area contributed by atoms with E-state index in [0.29, 0.717) is 0 Å². The lowest BCUT2D eigenvalue weighted by Gasteiger charge is -1.07. The van der Waals surface area contributed by atoms with Crippen molar-refractivity contribution in [2.24, 2.45) is 0 Å². The van der Waals surface area contributed by atoms with Crippen LogP contribution in [0.4, 0.5) is 0 Å². The molecule has 0 atom stereocenters. The molecule has 0 nitrogen and oxygen atoms in total. The van der Waals surface area contributed by atoms with Gasteiger partial charge in [-0.2, -0.15) is 0 Å². The van der Waals surface area contributed by atoms with Crippen LogP contribution in [0.5, 0.6) is 0 Å².